The van der Waals surface area contributed by atoms with E-state index in [1.807, 2.05) is 0 Å². The van der Waals surface area contributed by atoms with Crippen LogP contribution in [0.2, 0.25) is 0 Å². The maximum atomic E-state index is 10.8. The van der Waals surface area contributed by atoms with Crippen LogP contribution in [-0.4, -0.2) is 33.6 Å². The van der Waals surface area contributed by atoms with Crippen molar-refractivity contribution in [2.75, 3.05) is 0 Å². The summed E-state index contributed by atoms with van der Waals surface area (Å²) in [6.45, 7) is 2.45. The normalized spacial score (nSPS) is 10.1. The number of nitrogens with zero attached hydrogens (tertiary/aromatic N) is 2. The Hall–Kier alpha value is -4.54. The van der Waals surface area contributed by atoms with Gasteiger partial charge in [0.15, 0.2) is 23.2 Å². The van der Waals surface area contributed by atoms with Crippen LogP contribution in [0.4, 0.5) is 0 Å². The summed E-state index contributed by atoms with van der Waals surface area (Å²) in [5, 5.41) is 15.6. The highest BCUT2D eigenvalue weighted by molar-refractivity contribution is 5.96. The number of pyridine rings is 2. The number of nitrogens with one attached hydrogen (secondary N) is 4. The monoisotopic (exact) mass is 422 g/mol. The molecule has 0 saturated heterocycles. The molecule has 0 unspecified atom stereocenters. The lowest BCUT2D eigenvalue weighted by Gasteiger charge is -2.06. The summed E-state index contributed by atoms with van der Waals surface area (Å²) in [5.74, 6) is -0.333. The third-order valence-corrected chi connectivity index (χ3v) is 3.81. The first kappa shape index (κ1) is 21.2. The molecule has 11 heteroatoms. The molecule has 3 heterocycles. The standard InChI is InChI=1S/C20H18N6O5/c1-11(27)30-25-19(21)13-3-5-15(23-9-13)17-7-8-18(29-17)16-6-4-14(10-24-16)20(22)26-31-12(2)28/h3-10H,1-2H3,(H2,21,25)(H2,22,26). The third-order valence-electron chi connectivity index (χ3n) is 3.81. The lowest BCUT2D eigenvalue weighted by atomic mass is 10.2. The molecular formula is C20H18N6O5. The van der Waals surface area contributed by atoms with Gasteiger partial charge in [-0.2, -0.15) is 0 Å². The maximum absolute atomic E-state index is 10.8. The molecule has 4 N–H and O–H groups in total. The van der Waals surface area contributed by atoms with E-state index in [4.69, 9.17) is 15.2 Å². The van der Waals surface area contributed by atoms with Crippen molar-refractivity contribution in [3.63, 3.8) is 0 Å². The Morgan fingerprint density at radius 2 is 1.19 bits per heavy atom. The molecule has 31 heavy (non-hydrogen) atoms. The van der Waals surface area contributed by atoms with E-state index in [-0.39, 0.29) is 11.7 Å². The number of furan rings is 1. The fourth-order valence-corrected chi connectivity index (χ4v) is 2.35. The summed E-state index contributed by atoms with van der Waals surface area (Å²) >= 11 is 0. The van der Waals surface area contributed by atoms with E-state index in [0.29, 0.717) is 34.0 Å². The van der Waals surface area contributed by atoms with Gasteiger partial charge in [0.25, 0.3) is 0 Å². The van der Waals surface area contributed by atoms with Gasteiger partial charge in [-0.15, -0.1) is 0 Å². The molecule has 158 valence electrons. The van der Waals surface area contributed by atoms with Gasteiger partial charge in [-0.05, 0) is 36.4 Å². The van der Waals surface area contributed by atoms with Crippen LogP contribution in [0.3, 0.4) is 0 Å². The Morgan fingerprint density at radius 1 is 0.774 bits per heavy atom. The predicted octanol–water partition coefficient (Wildman–Crippen LogP) is 2.19. The number of amidine groups is 2. The van der Waals surface area contributed by atoms with Gasteiger partial charge in [0.2, 0.25) is 0 Å². The van der Waals surface area contributed by atoms with Crippen molar-refractivity contribution in [2.24, 2.45) is 0 Å². The first-order chi connectivity index (χ1) is 14.8. The lowest BCUT2D eigenvalue weighted by molar-refractivity contribution is -0.145. The van der Waals surface area contributed by atoms with Gasteiger partial charge >= 0.3 is 11.9 Å². The summed E-state index contributed by atoms with van der Waals surface area (Å²) < 4.78 is 5.81. The van der Waals surface area contributed by atoms with Crippen LogP contribution in [0.1, 0.15) is 25.0 Å². The molecule has 3 aromatic rings. The lowest BCUT2D eigenvalue weighted by Crippen LogP contribution is -2.25. The summed E-state index contributed by atoms with van der Waals surface area (Å²) in [5.41, 5.74) is 6.39. The van der Waals surface area contributed by atoms with Crippen molar-refractivity contribution in [3.8, 4) is 22.9 Å². The zero-order valence-electron chi connectivity index (χ0n) is 16.6. The first-order valence-corrected chi connectivity index (χ1v) is 8.91. The number of rotatable bonds is 4. The molecule has 0 aliphatic carbocycles. The van der Waals surface area contributed by atoms with Gasteiger partial charge in [-0.1, -0.05) is 0 Å². The molecule has 0 spiro atoms. The fourth-order valence-electron chi connectivity index (χ4n) is 2.35. The van der Waals surface area contributed by atoms with Crippen LogP contribution in [0, 0.1) is 10.8 Å². The van der Waals surface area contributed by atoms with Crippen LogP contribution >= 0.6 is 0 Å². The van der Waals surface area contributed by atoms with E-state index < -0.39 is 11.9 Å². The first-order valence-electron chi connectivity index (χ1n) is 8.91. The van der Waals surface area contributed by atoms with Gasteiger partial charge < -0.3 is 14.1 Å². The fraction of sp³-hybridized carbons (Fsp3) is 0.100. The van der Waals surface area contributed by atoms with E-state index >= 15 is 0 Å². The maximum Gasteiger partial charge on any atom is 0.329 e. The minimum Gasteiger partial charge on any atom is -0.453 e. The summed E-state index contributed by atoms with van der Waals surface area (Å²) in [6.07, 6.45) is 2.90. The molecule has 0 bridgehead atoms. The third kappa shape index (κ3) is 5.50. The Labute approximate surface area is 176 Å². The van der Waals surface area contributed by atoms with Crippen LogP contribution in [0.5, 0.6) is 0 Å². The second-order valence-corrected chi connectivity index (χ2v) is 6.17. The van der Waals surface area contributed by atoms with Gasteiger partial charge in [0.1, 0.15) is 11.4 Å². The van der Waals surface area contributed by atoms with Crippen molar-refractivity contribution in [1.29, 1.82) is 10.8 Å². The Bertz CT molecular complexity index is 1030. The quantitative estimate of drug-likeness (QED) is 0.280. The Morgan fingerprint density at radius 3 is 1.52 bits per heavy atom. The van der Waals surface area contributed by atoms with Crippen LogP contribution in [0.15, 0.2) is 53.2 Å². The van der Waals surface area contributed by atoms with Crippen molar-refractivity contribution < 1.29 is 23.7 Å². The van der Waals surface area contributed by atoms with Crippen molar-refractivity contribution >= 4 is 23.6 Å². The van der Waals surface area contributed by atoms with E-state index in [1.54, 1.807) is 36.4 Å². The number of hydrogen-bond acceptors (Lipinski definition) is 9. The smallest absolute Gasteiger partial charge is 0.329 e. The Kier molecular flexibility index (Phi) is 6.36. The predicted molar refractivity (Wildman–Crippen MR) is 109 cm³/mol. The zero-order valence-corrected chi connectivity index (χ0v) is 16.6. The molecule has 0 fully saturated rings. The molecular weight excluding hydrogens is 404 g/mol. The largest absolute Gasteiger partial charge is 0.453 e. The summed E-state index contributed by atoms with van der Waals surface area (Å²) in [7, 11) is 0. The number of hydrogen-bond donors (Lipinski definition) is 4. The molecule has 3 aromatic heterocycles. The Balaban J connectivity index is 1.68. The molecule has 0 atom stereocenters. The highest BCUT2D eigenvalue weighted by Gasteiger charge is 2.11. The highest BCUT2D eigenvalue weighted by atomic mass is 16.7. The number of aromatic nitrogens is 2. The van der Waals surface area contributed by atoms with Gasteiger partial charge in [-0.25, -0.2) is 11.0 Å². The van der Waals surface area contributed by atoms with Crippen LogP contribution in [0.25, 0.3) is 22.9 Å². The van der Waals surface area contributed by atoms with E-state index in [2.05, 4.69) is 30.6 Å². The molecule has 0 radical (unpaired) electrons. The van der Waals surface area contributed by atoms with E-state index in [0.717, 1.165) is 0 Å². The molecule has 0 aliphatic heterocycles. The number of carbonyl (C=O) groups is 2. The minimum absolute atomic E-state index is 0.104. The van der Waals surface area contributed by atoms with Crippen LogP contribution < -0.4 is 11.0 Å². The van der Waals surface area contributed by atoms with Crippen molar-refractivity contribution in [1.82, 2.24) is 20.9 Å². The molecule has 0 saturated carbocycles. The molecule has 3 rings (SSSR count). The summed E-state index contributed by atoms with van der Waals surface area (Å²) in [6, 6.07) is 10.1. The minimum atomic E-state index is -0.559. The van der Waals surface area contributed by atoms with Crippen LogP contribution in [-0.2, 0) is 19.3 Å². The van der Waals surface area contributed by atoms with E-state index in [1.165, 1.54) is 26.2 Å². The zero-order chi connectivity index (χ0) is 22.4. The van der Waals surface area contributed by atoms with Gasteiger partial charge in [-0.3, -0.25) is 30.4 Å². The topological polar surface area (TPSA) is 163 Å². The molecule has 0 aromatic carbocycles. The van der Waals surface area contributed by atoms with Crippen molar-refractivity contribution in [2.45, 2.75) is 13.8 Å². The van der Waals surface area contributed by atoms with Crippen molar-refractivity contribution in [3.05, 3.63) is 59.9 Å². The second kappa shape index (κ2) is 9.31. The van der Waals surface area contributed by atoms with Gasteiger partial charge in [0.05, 0.1) is 0 Å². The van der Waals surface area contributed by atoms with Gasteiger partial charge in [0, 0.05) is 37.4 Å². The average Bonchev–Trinajstić information content (AvgIpc) is 3.26. The van der Waals surface area contributed by atoms with E-state index in [9.17, 15) is 9.59 Å². The molecule has 0 amide bonds. The highest BCUT2D eigenvalue weighted by Crippen LogP contribution is 2.26. The number of hydroxylamine groups is 2. The second-order valence-electron chi connectivity index (χ2n) is 6.17. The summed E-state index contributed by atoms with van der Waals surface area (Å²) in [4.78, 5) is 39.3. The number of carbonyl (C=O) groups excluding carboxylic acids is 2. The molecule has 11 nitrogen and oxygen atoms in total. The average molecular weight is 422 g/mol. The molecule has 0 aliphatic rings. The SMILES string of the molecule is CC(=O)ONC(=N)c1ccc(-c2ccc(-c3ccc(C(=N)NOC(C)=O)cn3)o2)nc1.